The van der Waals surface area contributed by atoms with Gasteiger partial charge in [0.2, 0.25) is 0 Å². The molecular formula is C12H17ClO. The van der Waals surface area contributed by atoms with Gasteiger partial charge in [-0.3, -0.25) is 0 Å². The summed E-state index contributed by atoms with van der Waals surface area (Å²) in [5.41, 5.74) is 0.323. The molecule has 2 atom stereocenters. The normalized spacial score (nSPS) is 31.6. The summed E-state index contributed by atoms with van der Waals surface area (Å²) < 4.78 is 5.50. The van der Waals surface area contributed by atoms with Crippen molar-refractivity contribution in [3.8, 4) is 0 Å². The van der Waals surface area contributed by atoms with Gasteiger partial charge in [-0.2, -0.15) is 0 Å². The second-order valence-electron chi connectivity index (χ2n) is 4.93. The van der Waals surface area contributed by atoms with Crippen LogP contribution < -0.4 is 0 Å². The van der Waals surface area contributed by atoms with Crippen LogP contribution in [0.3, 0.4) is 0 Å². The van der Waals surface area contributed by atoms with Crippen molar-refractivity contribution in [1.82, 2.24) is 0 Å². The Morgan fingerprint density at radius 2 is 2.29 bits per heavy atom. The third-order valence-corrected chi connectivity index (χ3v) is 3.82. The van der Waals surface area contributed by atoms with Crippen LogP contribution in [0.15, 0.2) is 22.8 Å². The van der Waals surface area contributed by atoms with Crippen LogP contribution in [-0.2, 0) is 0 Å². The quantitative estimate of drug-likeness (QED) is 0.637. The minimum atomic E-state index is 0.318. The predicted octanol–water partition coefficient (Wildman–Crippen LogP) is 4.18. The molecule has 0 saturated heterocycles. The molecule has 1 fully saturated rings. The van der Waals surface area contributed by atoms with Crippen molar-refractivity contribution in [2.45, 2.75) is 44.4 Å². The Bertz CT molecular complexity index is 289. The fourth-order valence-electron chi connectivity index (χ4n) is 2.39. The van der Waals surface area contributed by atoms with Gasteiger partial charge in [-0.05, 0) is 36.8 Å². The van der Waals surface area contributed by atoms with Gasteiger partial charge in [0.05, 0.1) is 6.26 Å². The lowest BCUT2D eigenvalue weighted by molar-refractivity contribution is 0.180. The SMILES string of the molecule is CC1(C)CCC(Cl)CC1c1ccco1. The Labute approximate surface area is 90.4 Å². The number of rotatable bonds is 1. The van der Waals surface area contributed by atoms with Crippen LogP contribution in [0.2, 0.25) is 0 Å². The van der Waals surface area contributed by atoms with Crippen LogP contribution in [-0.4, -0.2) is 5.38 Å². The molecule has 1 saturated carbocycles. The van der Waals surface area contributed by atoms with Gasteiger partial charge >= 0.3 is 0 Å². The predicted molar refractivity (Wildman–Crippen MR) is 58.7 cm³/mol. The van der Waals surface area contributed by atoms with Crippen molar-refractivity contribution in [2.24, 2.45) is 5.41 Å². The zero-order chi connectivity index (χ0) is 10.2. The summed E-state index contributed by atoms with van der Waals surface area (Å²) in [6, 6.07) is 4.03. The lowest BCUT2D eigenvalue weighted by Gasteiger charge is -2.39. The molecule has 1 aromatic heterocycles. The van der Waals surface area contributed by atoms with Crippen molar-refractivity contribution in [2.75, 3.05) is 0 Å². The van der Waals surface area contributed by atoms with Crippen molar-refractivity contribution >= 4 is 11.6 Å². The summed E-state index contributed by atoms with van der Waals surface area (Å²) in [4.78, 5) is 0. The minimum Gasteiger partial charge on any atom is -0.469 e. The van der Waals surface area contributed by atoms with E-state index in [-0.39, 0.29) is 0 Å². The second-order valence-corrected chi connectivity index (χ2v) is 5.55. The Hall–Kier alpha value is -0.430. The fourth-order valence-corrected chi connectivity index (χ4v) is 2.67. The molecule has 1 aromatic rings. The highest BCUT2D eigenvalue weighted by Crippen LogP contribution is 2.48. The van der Waals surface area contributed by atoms with Gasteiger partial charge in [0, 0.05) is 11.3 Å². The average Bonchev–Trinajstić information content (AvgIpc) is 2.62. The molecule has 0 amide bonds. The molecule has 1 aliphatic rings. The Morgan fingerprint density at radius 1 is 1.50 bits per heavy atom. The van der Waals surface area contributed by atoms with E-state index in [1.54, 1.807) is 6.26 Å². The van der Waals surface area contributed by atoms with Crippen molar-refractivity contribution < 1.29 is 4.42 Å². The van der Waals surface area contributed by atoms with Crippen LogP contribution >= 0.6 is 11.6 Å². The molecule has 2 rings (SSSR count). The van der Waals surface area contributed by atoms with E-state index in [2.05, 4.69) is 19.9 Å². The lowest BCUT2D eigenvalue weighted by Crippen LogP contribution is -2.30. The van der Waals surface area contributed by atoms with Gasteiger partial charge in [-0.25, -0.2) is 0 Å². The molecule has 78 valence electrons. The van der Waals surface area contributed by atoms with E-state index in [4.69, 9.17) is 16.0 Å². The molecule has 0 aliphatic heterocycles. The zero-order valence-corrected chi connectivity index (χ0v) is 9.55. The first-order chi connectivity index (χ1) is 6.59. The van der Waals surface area contributed by atoms with Crippen LogP contribution in [0.4, 0.5) is 0 Å². The molecule has 0 radical (unpaired) electrons. The van der Waals surface area contributed by atoms with E-state index in [0.29, 0.717) is 16.7 Å². The molecular weight excluding hydrogens is 196 g/mol. The van der Waals surface area contributed by atoms with Crippen LogP contribution in [0.1, 0.15) is 44.8 Å². The molecule has 2 heteroatoms. The Morgan fingerprint density at radius 3 is 2.93 bits per heavy atom. The standard InChI is InChI=1S/C12H17ClO/c1-12(2)6-5-9(13)8-10(12)11-4-3-7-14-11/h3-4,7,9-10H,5-6,8H2,1-2H3. The average molecular weight is 213 g/mol. The molecule has 1 nitrogen and oxygen atoms in total. The summed E-state index contributed by atoms with van der Waals surface area (Å²) in [7, 11) is 0. The highest BCUT2D eigenvalue weighted by molar-refractivity contribution is 6.20. The van der Waals surface area contributed by atoms with Crippen molar-refractivity contribution in [3.05, 3.63) is 24.2 Å². The third-order valence-electron chi connectivity index (χ3n) is 3.42. The van der Waals surface area contributed by atoms with E-state index in [0.717, 1.165) is 18.6 Å². The van der Waals surface area contributed by atoms with Gasteiger partial charge in [-0.15, -0.1) is 11.6 Å². The molecule has 0 bridgehead atoms. The van der Waals surface area contributed by atoms with E-state index < -0.39 is 0 Å². The van der Waals surface area contributed by atoms with Crippen LogP contribution in [0.25, 0.3) is 0 Å². The monoisotopic (exact) mass is 212 g/mol. The second kappa shape index (κ2) is 3.62. The number of furan rings is 1. The number of hydrogen-bond donors (Lipinski definition) is 0. The lowest BCUT2D eigenvalue weighted by atomic mass is 9.68. The number of halogens is 1. The highest BCUT2D eigenvalue weighted by atomic mass is 35.5. The molecule has 14 heavy (non-hydrogen) atoms. The maximum absolute atomic E-state index is 6.21. The van der Waals surface area contributed by atoms with Gasteiger partial charge in [0.1, 0.15) is 5.76 Å². The largest absolute Gasteiger partial charge is 0.469 e. The molecule has 0 aromatic carbocycles. The summed E-state index contributed by atoms with van der Waals surface area (Å²) in [5.74, 6) is 1.58. The van der Waals surface area contributed by atoms with E-state index >= 15 is 0 Å². The molecule has 1 aliphatic carbocycles. The smallest absolute Gasteiger partial charge is 0.107 e. The van der Waals surface area contributed by atoms with E-state index in [1.165, 1.54) is 6.42 Å². The summed E-state index contributed by atoms with van der Waals surface area (Å²) >= 11 is 6.21. The first-order valence-electron chi connectivity index (χ1n) is 5.27. The highest BCUT2D eigenvalue weighted by Gasteiger charge is 2.38. The molecule has 2 unspecified atom stereocenters. The first kappa shape index (κ1) is 10.1. The zero-order valence-electron chi connectivity index (χ0n) is 8.79. The maximum atomic E-state index is 6.21. The van der Waals surface area contributed by atoms with E-state index in [9.17, 15) is 0 Å². The molecule has 1 heterocycles. The van der Waals surface area contributed by atoms with Gasteiger partial charge < -0.3 is 4.42 Å². The summed E-state index contributed by atoms with van der Waals surface area (Å²) in [6.45, 7) is 4.62. The first-order valence-corrected chi connectivity index (χ1v) is 5.71. The molecule has 0 N–H and O–H groups in total. The summed E-state index contributed by atoms with van der Waals surface area (Å²) in [5, 5.41) is 0.318. The van der Waals surface area contributed by atoms with Crippen LogP contribution in [0, 0.1) is 5.41 Å². The van der Waals surface area contributed by atoms with Crippen LogP contribution in [0.5, 0.6) is 0 Å². The van der Waals surface area contributed by atoms with E-state index in [1.807, 2.05) is 6.07 Å². The fraction of sp³-hybridized carbons (Fsp3) is 0.667. The Kier molecular flexibility index (Phi) is 2.61. The minimum absolute atomic E-state index is 0.318. The summed E-state index contributed by atoms with van der Waals surface area (Å²) in [6.07, 6.45) is 5.11. The number of alkyl halides is 1. The number of hydrogen-bond acceptors (Lipinski definition) is 1. The van der Waals surface area contributed by atoms with Gasteiger partial charge in [0.25, 0.3) is 0 Å². The topological polar surface area (TPSA) is 13.1 Å². The van der Waals surface area contributed by atoms with Crippen molar-refractivity contribution in [1.29, 1.82) is 0 Å². The van der Waals surface area contributed by atoms with Gasteiger partial charge in [-0.1, -0.05) is 13.8 Å². The van der Waals surface area contributed by atoms with Gasteiger partial charge in [0.15, 0.2) is 0 Å². The molecule has 0 spiro atoms. The maximum Gasteiger partial charge on any atom is 0.107 e. The van der Waals surface area contributed by atoms with Crippen molar-refractivity contribution in [3.63, 3.8) is 0 Å². The third kappa shape index (κ3) is 1.83. The Balaban J connectivity index is 2.22.